The number of amides is 1. The lowest BCUT2D eigenvalue weighted by Crippen LogP contribution is -2.23. The molecular formula is C22H23FN4O2. The largest absolute Gasteiger partial charge is 0.337 e. The number of nitrogens with zero attached hydrogens (tertiary/aromatic N) is 3. The molecule has 1 atom stereocenters. The van der Waals surface area contributed by atoms with Crippen molar-refractivity contribution in [3.8, 4) is 11.4 Å². The third-order valence-corrected chi connectivity index (χ3v) is 5.18. The molecule has 2 heterocycles. The van der Waals surface area contributed by atoms with Gasteiger partial charge in [-0.15, -0.1) is 0 Å². The maximum Gasteiger partial charge on any atom is 0.243 e. The Kier molecular flexibility index (Phi) is 5.40. The van der Waals surface area contributed by atoms with E-state index in [1.807, 2.05) is 36.1 Å². The van der Waals surface area contributed by atoms with Crippen LogP contribution in [0.15, 0.2) is 47.0 Å². The summed E-state index contributed by atoms with van der Waals surface area (Å²) in [4.78, 5) is 18.1. The molecule has 0 bridgehead atoms. The molecule has 0 radical (unpaired) electrons. The van der Waals surface area contributed by atoms with Crippen LogP contribution < -0.4 is 10.2 Å². The zero-order chi connectivity index (χ0) is 20.4. The van der Waals surface area contributed by atoms with Crippen LogP contribution in [-0.4, -0.2) is 22.6 Å². The molecule has 150 valence electrons. The predicted molar refractivity (Wildman–Crippen MR) is 108 cm³/mol. The molecule has 29 heavy (non-hydrogen) atoms. The molecule has 0 unspecified atom stereocenters. The summed E-state index contributed by atoms with van der Waals surface area (Å²) >= 11 is 0. The van der Waals surface area contributed by atoms with Gasteiger partial charge in [0, 0.05) is 30.8 Å². The first-order valence-corrected chi connectivity index (χ1v) is 9.74. The molecule has 1 fully saturated rings. The molecule has 1 aromatic heterocycles. The molecule has 2 aromatic carbocycles. The number of carbonyl (C=O) groups excluding carboxylic acids is 1. The molecule has 0 spiro atoms. The van der Waals surface area contributed by atoms with Crippen LogP contribution in [0.4, 0.5) is 10.1 Å². The van der Waals surface area contributed by atoms with Gasteiger partial charge in [-0.05, 0) is 49.6 Å². The highest BCUT2D eigenvalue weighted by atomic mass is 19.1. The van der Waals surface area contributed by atoms with Gasteiger partial charge in [0.1, 0.15) is 5.82 Å². The van der Waals surface area contributed by atoms with E-state index in [-0.39, 0.29) is 17.8 Å². The van der Waals surface area contributed by atoms with Gasteiger partial charge >= 0.3 is 0 Å². The van der Waals surface area contributed by atoms with E-state index in [0.29, 0.717) is 35.8 Å². The number of rotatable bonds is 6. The number of anilines is 1. The van der Waals surface area contributed by atoms with Crippen molar-refractivity contribution >= 4 is 11.6 Å². The molecule has 7 heteroatoms. The Morgan fingerprint density at radius 3 is 2.72 bits per heavy atom. The van der Waals surface area contributed by atoms with Crippen molar-refractivity contribution in [3.63, 3.8) is 0 Å². The second-order valence-electron chi connectivity index (χ2n) is 7.34. The fourth-order valence-corrected chi connectivity index (χ4v) is 3.33. The summed E-state index contributed by atoms with van der Waals surface area (Å²) in [6, 6.07) is 12.7. The highest BCUT2D eigenvalue weighted by Gasteiger charge is 2.21. The Labute approximate surface area is 168 Å². The van der Waals surface area contributed by atoms with Crippen LogP contribution in [0.2, 0.25) is 0 Å². The van der Waals surface area contributed by atoms with Crippen LogP contribution in [0.3, 0.4) is 0 Å². The fourth-order valence-electron chi connectivity index (χ4n) is 3.33. The fraction of sp³-hybridized carbons (Fsp3) is 0.318. The minimum absolute atomic E-state index is 0.161. The van der Waals surface area contributed by atoms with Gasteiger partial charge in [0.15, 0.2) is 0 Å². The second kappa shape index (κ2) is 8.13. The number of aromatic nitrogens is 2. The standard InChI is InChI=1S/C22H23FN4O2/c1-14-5-8-17(12-19(14)23)21-25-22(29-26-21)15(2)24-13-16-6-9-18(10-7-16)27-11-3-4-20(27)28/h5-10,12,15,24H,3-4,11,13H2,1-2H3/t15-/m0/s1. The Morgan fingerprint density at radius 2 is 2.03 bits per heavy atom. The normalized spacial score (nSPS) is 15.1. The molecule has 1 amide bonds. The molecule has 0 aliphatic carbocycles. The van der Waals surface area contributed by atoms with E-state index < -0.39 is 0 Å². The van der Waals surface area contributed by atoms with Crippen LogP contribution in [-0.2, 0) is 11.3 Å². The third kappa shape index (κ3) is 4.19. The highest BCUT2D eigenvalue weighted by Crippen LogP contribution is 2.23. The number of hydrogen-bond donors (Lipinski definition) is 1. The molecule has 6 nitrogen and oxygen atoms in total. The van der Waals surface area contributed by atoms with Crippen molar-refractivity contribution in [1.82, 2.24) is 15.5 Å². The van der Waals surface area contributed by atoms with Gasteiger partial charge < -0.3 is 14.7 Å². The minimum Gasteiger partial charge on any atom is -0.337 e. The van der Waals surface area contributed by atoms with Crippen LogP contribution in [0.5, 0.6) is 0 Å². The first kappa shape index (κ1) is 19.3. The summed E-state index contributed by atoms with van der Waals surface area (Å²) in [7, 11) is 0. The summed E-state index contributed by atoms with van der Waals surface area (Å²) in [5.41, 5.74) is 3.19. The first-order chi connectivity index (χ1) is 14.0. The average Bonchev–Trinajstić information content (AvgIpc) is 3.38. The van der Waals surface area contributed by atoms with Gasteiger partial charge in [-0.3, -0.25) is 4.79 Å². The van der Waals surface area contributed by atoms with Crippen LogP contribution in [0.25, 0.3) is 11.4 Å². The first-order valence-electron chi connectivity index (χ1n) is 9.74. The molecule has 1 aliphatic heterocycles. The van der Waals surface area contributed by atoms with E-state index in [9.17, 15) is 9.18 Å². The van der Waals surface area contributed by atoms with Crippen molar-refractivity contribution in [1.29, 1.82) is 0 Å². The number of nitrogens with one attached hydrogen (secondary N) is 1. The van der Waals surface area contributed by atoms with Gasteiger partial charge in [0.25, 0.3) is 0 Å². The number of benzene rings is 2. The van der Waals surface area contributed by atoms with E-state index >= 15 is 0 Å². The topological polar surface area (TPSA) is 71.3 Å². The lowest BCUT2D eigenvalue weighted by atomic mass is 10.1. The summed E-state index contributed by atoms with van der Waals surface area (Å²) < 4.78 is 19.1. The Hall–Kier alpha value is -3.06. The number of aryl methyl sites for hydroxylation is 1. The van der Waals surface area contributed by atoms with Crippen LogP contribution in [0, 0.1) is 12.7 Å². The maximum absolute atomic E-state index is 13.8. The van der Waals surface area contributed by atoms with E-state index in [1.54, 1.807) is 19.1 Å². The third-order valence-electron chi connectivity index (χ3n) is 5.18. The lowest BCUT2D eigenvalue weighted by Gasteiger charge is -2.16. The molecule has 1 aliphatic rings. The van der Waals surface area contributed by atoms with Crippen molar-refractivity contribution in [2.45, 2.75) is 39.3 Å². The molecule has 4 rings (SSSR count). The number of halogens is 1. The monoisotopic (exact) mass is 394 g/mol. The smallest absolute Gasteiger partial charge is 0.243 e. The van der Waals surface area contributed by atoms with Crippen molar-refractivity contribution in [2.24, 2.45) is 0 Å². The maximum atomic E-state index is 13.8. The van der Waals surface area contributed by atoms with Gasteiger partial charge in [0.2, 0.25) is 17.6 Å². The lowest BCUT2D eigenvalue weighted by molar-refractivity contribution is -0.117. The van der Waals surface area contributed by atoms with Crippen molar-refractivity contribution in [2.75, 3.05) is 11.4 Å². The molecule has 0 saturated carbocycles. The van der Waals surface area contributed by atoms with E-state index in [4.69, 9.17) is 4.52 Å². The van der Waals surface area contributed by atoms with E-state index in [2.05, 4.69) is 15.5 Å². The van der Waals surface area contributed by atoms with Crippen LogP contribution in [0.1, 0.15) is 42.8 Å². The van der Waals surface area contributed by atoms with E-state index in [1.165, 1.54) is 6.07 Å². The summed E-state index contributed by atoms with van der Waals surface area (Å²) in [6.45, 7) is 5.05. The van der Waals surface area contributed by atoms with Gasteiger partial charge in [-0.25, -0.2) is 4.39 Å². The summed E-state index contributed by atoms with van der Waals surface area (Å²) in [5, 5.41) is 7.31. The Morgan fingerprint density at radius 1 is 1.24 bits per heavy atom. The molecule has 3 aromatic rings. The zero-order valence-corrected chi connectivity index (χ0v) is 16.5. The van der Waals surface area contributed by atoms with Crippen molar-refractivity contribution in [3.05, 3.63) is 65.3 Å². The quantitative estimate of drug-likeness (QED) is 0.680. The Bertz CT molecular complexity index is 1020. The van der Waals surface area contributed by atoms with Crippen molar-refractivity contribution < 1.29 is 13.7 Å². The number of carbonyl (C=O) groups is 1. The minimum atomic E-state index is -0.292. The zero-order valence-electron chi connectivity index (χ0n) is 16.5. The molecular weight excluding hydrogens is 371 g/mol. The highest BCUT2D eigenvalue weighted by molar-refractivity contribution is 5.95. The summed E-state index contributed by atoms with van der Waals surface area (Å²) in [6.07, 6.45) is 1.54. The predicted octanol–water partition coefficient (Wildman–Crippen LogP) is 4.16. The average molecular weight is 394 g/mol. The SMILES string of the molecule is Cc1ccc(-c2noc([C@H](C)NCc3ccc(N4CCCC4=O)cc3)n2)cc1F. The molecule has 1 saturated heterocycles. The van der Waals surface area contributed by atoms with E-state index in [0.717, 1.165) is 24.2 Å². The van der Waals surface area contributed by atoms with Gasteiger partial charge in [-0.2, -0.15) is 4.98 Å². The summed E-state index contributed by atoms with van der Waals surface area (Å²) in [5.74, 6) is 0.705. The molecule has 1 N–H and O–H groups in total. The Balaban J connectivity index is 1.37. The number of hydrogen-bond acceptors (Lipinski definition) is 5. The van der Waals surface area contributed by atoms with Gasteiger partial charge in [0.05, 0.1) is 6.04 Å². The van der Waals surface area contributed by atoms with Gasteiger partial charge in [-0.1, -0.05) is 29.4 Å². The van der Waals surface area contributed by atoms with Crippen LogP contribution >= 0.6 is 0 Å². The second-order valence-corrected chi connectivity index (χ2v) is 7.34.